The van der Waals surface area contributed by atoms with Gasteiger partial charge in [-0.2, -0.15) is 0 Å². The van der Waals surface area contributed by atoms with Crippen LogP contribution in [0.3, 0.4) is 0 Å². The van der Waals surface area contributed by atoms with E-state index in [1.165, 1.54) is 20.7 Å². The molecule has 0 aliphatic heterocycles. The van der Waals surface area contributed by atoms with Crippen LogP contribution in [0.1, 0.15) is 11.1 Å². The molecule has 0 N–H and O–H groups in total. The smallest absolute Gasteiger partial charge is 0.128 e. The number of hydrogen-bond donors (Lipinski definition) is 0. The molecule has 5 aromatic rings. The number of rotatable bonds is 8. The minimum atomic E-state index is -1.34. The van der Waals surface area contributed by atoms with Crippen molar-refractivity contribution in [2.24, 2.45) is 0 Å². The Morgan fingerprint density at radius 3 is 1.26 bits per heavy atom. The van der Waals surface area contributed by atoms with E-state index in [-0.39, 0.29) is 11.4 Å². The number of halogens is 1. The van der Waals surface area contributed by atoms with Gasteiger partial charge in [0.25, 0.3) is 0 Å². The molecule has 1 atom stereocenters. The molecule has 0 saturated carbocycles. The zero-order valence-corrected chi connectivity index (χ0v) is 21.5. The van der Waals surface area contributed by atoms with Crippen molar-refractivity contribution in [2.45, 2.75) is 11.6 Å². The Morgan fingerprint density at radius 2 is 0.829 bits per heavy atom. The lowest BCUT2D eigenvalue weighted by Gasteiger charge is -2.30. The van der Waals surface area contributed by atoms with E-state index in [9.17, 15) is 0 Å². The molecule has 0 aliphatic rings. The highest BCUT2D eigenvalue weighted by molar-refractivity contribution is 6.90. The van der Waals surface area contributed by atoms with Crippen molar-refractivity contribution in [3.63, 3.8) is 0 Å². The average molecular weight is 487 g/mol. The zero-order valence-electron chi connectivity index (χ0n) is 19.5. The summed E-state index contributed by atoms with van der Waals surface area (Å²) in [6, 6.07) is 51.5. The normalized spacial score (nSPS) is 12.1. The molecule has 2 radical (unpaired) electrons. The zero-order chi connectivity index (χ0) is 23.9. The van der Waals surface area contributed by atoms with Gasteiger partial charge < -0.3 is 0 Å². The Balaban J connectivity index is 1.69. The molecule has 0 spiro atoms. The molecule has 0 heterocycles. The van der Waals surface area contributed by atoms with Gasteiger partial charge in [-0.3, -0.25) is 0 Å². The number of benzene rings is 5. The van der Waals surface area contributed by atoms with Gasteiger partial charge in [0.15, 0.2) is 0 Å². The summed E-state index contributed by atoms with van der Waals surface area (Å²) < 4.78 is 15.5. The standard InChI is InChI=1S/C32H27FSi2/c33-31-24-14-13-23-30(31)32(35(28-19-9-3-10-20-28)29-21-11-4-12-22-29)25-34(26-15-5-1-6-16-26)27-17-7-2-8-18-27/h1-24,32H,25H2. The maximum Gasteiger partial charge on any atom is 0.128 e. The third-order valence-corrected chi connectivity index (χ3v) is 12.9. The SMILES string of the molecule is Fc1ccccc1C(C[Si](c1ccccc1)c1ccccc1)[Si](c1ccccc1)c1ccccc1. The van der Waals surface area contributed by atoms with Crippen LogP contribution in [0.5, 0.6) is 0 Å². The highest BCUT2D eigenvalue weighted by Gasteiger charge is 2.34. The molecule has 1 unspecified atom stereocenters. The quantitative estimate of drug-likeness (QED) is 0.269. The van der Waals surface area contributed by atoms with Crippen LogP contribution in [0.25, 0.3) is 0 Å². The Labute approximate surface area is 211 Å². The monoisotopic (exact) mass is 486 g/mol. The van der Waals surface area contributed by atoms with Crippen LogP contribution < -0.4 is 20.7 Å². The molecule has 0 amide bonds. The third-order valence-electron chi connectivity index (χ3n) is 6.45. The van der Waals surface area contributed by atoms with Crippen LogP contribution in [-0.2, 0) is 0 Å². The van der Waals surface area contributed by atoms with Crippen molar-refractivity contribution in [3.05, 3.63) is 157 Å². The summed E-state index contributed by atoms with van der Waals surface area (Å²) in [7, 11) is -2.50. The molecule has 0 nitrogen and oxygen atoms in total. The van der Waals surface area contributed by atoms with E-state index in [0.29, 0.717) is 0 Å². The van der Waals surface area contributed by atoms with Gasteiger partial charge in [0.05, 0.1) is 0 Å². The van der Waals surface area contributed by atoms with Gasteiger partial charge in [0.1, 0.15) is 23.4 Å². The van der Waals surface area contributed by atoms with Crippen molar-refractivity contribution in [2.75, 3.05) is 0 Å². The number of hydrogen-bond acceptors (Lipinski definition) is 0. The molecular weight excluding hydrogens is 460 g/mol. The Kier molecular flexibility index (Phi) is 7.47. The van der Waals surface area contributed by atoms with Crippen LogP contribution in [0.4, 0.5) is 4.39 Å². The first-order chi connectivity index (χ1) is 17.3. The van der Waals surface area contributed by atoms with Gasteiger partial charge in [-0.15, -0.1) is 0 Å². The van der Waals surface area contributed by atoms with Gasteiger partial charge >= 0.3 is 0 Å². The van der Waals surface area contributed by atoms with Gasteiger partial charge in [0.2, 0.25) is 0 Å². The average Bonchev–Trinajstić information content (AvgIpc) is 2.93. The Morgan fingerprint density at radius 1 is 0.457 bits per heavy atom. The van der Waals surface area contributed by atoms with E-state index in [1.54, 1.807) is 12.1 Å². The topological polar surface area (TPSA) is 0 Å². The summed E-state index contributed by atoms with van der Waals surface area (Å²) in [4.78, 5) is 0. The van der Waals surface area contributed by atoms with Crippen molar-refractivity contribution >= 4 is 38.3 Å². The fraction of sp³-hybridized carbons (Fsp3) is 0.0625. The Bertz CT molecular complexity index is 1250. The van der Waals surface area contributed by atoms with E-state index in [0.717, 1.165) is 11.6 Å². The van der Waals surface area contributed by atoms with Crippen LogP contribution in [0, 0.1) is 5.82 Å². The van der Waals surface area contributed by atoms with E-state index in [4.69, 9.17) is 0 Å². The molecule has 35 heavy (non-hydrogen) atoms. The molecule has 5 aromatic carbocycles. The van der Waals surface area contributed by atoms with E-state index < -0.39 is 17.6 Å². The molecule has 0 fully saturated rings. The maximum absolute atomic E-state index is 15.5. The second kappa shape index (κ2) is 11.3. The summed E-state index contributed by atoms with van der Waals surface area (Å²) in [5.41, 5.74) is 0.920. The second-order valence-electron chi connectivity index (χ2n) is 8.63. The molecular formula is C32H27FSi2. The van der Waals surface area contributed by atoms with Gasteiger partial charge in [-0.05, 0) is 23.2 Å². The fourth-order valence-electron chi connectivity index (χ4n) is 4.81. The summed E-state index contributed by atoms with van der Waals surface area (Å²) in [5, 5.41) is 5.37. The second-order valence-corrected chi connectivity index (χ2v) is 13.8. The minimum Gasteiger partial charge on any atom is -0.207 e. The van der Waals surface area contributed by atoms with Crippen molar-refractivity contribution in [1.29, 1.82) is 0 Å². The lowest BCUT2D eigenvalue weighted by Crippen LogP contribution is -2.52. The summed E-state index contributed by atoms with van der Waals surface area (Å²) in [6.07, 6.45) is 0. The van der Waals surface area contributed by atoms with E-state index in [1.807, 2.05) is 12.1 Å². The third kappa shape index (κ3) is 5.42. The highest BCUT2D eigenvalue weighted by atomic mass is 28.3. The largest absolute Gasteiger partial charge is 0.207 e. The molecule has 3 heteroatoms. The van der Waals surface area contributed by atoms with E-state index in [2.05, 4.69) is 121 Å². The predicted octanol–water partition coefficient (Wildman–Crippen LogP) is 5.07. The van der Waals surface area contributed by atoms with Crippen LogP contribution >= 0.6 is 0 Å². The molecule has 0 aliphatic carbocycles. The van der Waals surface area contributed by atoms with Gasteiger partial charge in [-0.25, -0.2) is 4.39 Å². The predicted molar refractivity (Wildman–Crippen MR) is 150 cm³/mol. The molecule has 0 aromatic heterocycles. The first kappa shape index (κ1) is 23.2. The lowest BCUT2D eigenvalue weighted by molar-refractivity contribution is 0.609. The highest BCUT2D eigenvalue weighted by Crippen LogP contribution is 2.28. The van der Waals surface area contributed by atoms with Gasteiger partial charge in [0, 0.05) is 0 Å². The first-order valence-corrected chi connectivity index (χ1v) is 15.3. The first-order valence-electron chi connectivity index (χ1n) is 12.0. The van der Waals surface area contributed by atoms with Crippen LogP contribution in [0.2, 0.25) is 6.04 Å². The van der Waals surface area contributed by atoms with Crippen molar-refractivity contribution in [1.82, 2.24) is 0 Å². The van der Waals surface area contributed by atoms with Crippen molar-refractivity contribution in [3.8, 4) is 0 Å². The summed E-state index contributed by atoms with van der Waals surface area (Å²) in [6.45, 7) is 0. The molecule has 0 bridgehead atoms. The van der Waals surface area contributed by atoms with Crippen molar-refractivity contribution < 1.29 is 4.39 Å². The van der Waals surface area contributed by atoms with Crippen LogP contribution in [0.15, 0.2) is 146 Å². The van der Waals surface area contributed by atoms with E-state index >= 15 is 4.39 Å². The molecule has 5 rings (SSSR count). The summed E-state index contributed by atoms with van der Waals surface area (Å²) in [5.74, 6) is -0.102. The minimum absolute atomic E-state index is 0.0836. The van der Waals surface area contributed by atoms with Gasteiger partial charge in [-0.1, -0.05) is 160 Å². The maximum atomic E-state index is 15.5. The molecule has 170 valence electrons. The lowest BCUT2D eigenvalue weighted by atomic mass is 10.1. The molecule has 0 saturated heterocycles. The Hall–Kier alpha value is -3.54. The summed E-state index contributed by atoms with van der Waals surface area (Å²) >= 11 is 0. The fourth-order valence-corrected chi connectivity index (χ4v) is 11.7. The van der Waals surface area contributed by atoms with Crippen LogP contribution in [-0.4, -0.2) is 17.6 Å².